The molecule has 2 rings (SSSR count). The van der Waals surface area contributed by atoms with Crippen molar-refractivity contribution in [1.29, 1.82) is 0 Å². The fraction of sp³-hybridized carbons (Fsp3) is 0.538. The maximum atomic E-state index is 13.1. The van der Waals surface area contributed by atoms with E-state index in [-0.39, 0.29) is 37.5 Å². The predicted octanol–water partition coefficient (Wildman–Crippen LogP) is 2.82. The molecule has 0 spiro atoms. The minimum atomic E-state index is -1.05. The third-order valence-corrected chi connectivity index (χ3v) is 6.38. The molecular formula is C26H37IN2O6. The molecule has 0 radical (unpaired) electrons. The van der Waals surface area contributed by atoms with Crippen LogP contribution in [0.15, 0.2) is 48.1 Å². The molecule has 0 saturated heterocycles. The first-order chi connectivity index (χ1) is 16.8. The molecule has 1 aliphatic carbocycles. The van der Waals surface area contributed by atoms with E-state index in [2.05, 4.69) is 27.9 Å². The van der Waals surface area contributed by atoms with Crippen LogP contribution >= 0.6 is 22.6 Å². The van der Waals surface area contributed by atoms with Crippen molar-refractivity contribution < 1.29 is 29.3 Å². The molecule has 2 amide bonds. The van der Waals surface area contributed by atoms with Gasteiger partial charge in [0.25, 0.3) is 0 Å². The Morgan fingerprint density at radius 2 is 2.06 bits per heavy atom. The summed E-state index contributed by atoms with van der Waals surface area (Å²) < 4.78 is 12.6. The standard InChI is InChI=1S/C26H37IN2O6/c1-4-5-11-24(31)29(13-8-15-34-18(2)3)21-16-19(26(33)28-12-14-30)17-23(25(21)32)35-22-10-7-6-9-20(22)27/h5-7,9-11,17-18,21,23,25,30,32H,4,8,12-16H2,1-3H3,(H,28,33)/t21-,23+,25+/m1/s1. The maximum absolute atomic E-state index is 13.1. The number of aliphatic hydroxyl groups is 2. The van der Waals surface area contributed by atoms with Crippen molar-refractivity contribution in [1.82, 2.24) is 10.2 Å². The number of benzene rings is 1. The number of nitrogens with one attached hydrogen (secondary N) is 1. The number of ether oxygens (including phenoxy) is 2. The highest BCUT2D eigenvalue weighted by atomic mass is 127. The van der Waals surface area contributed by atoms with Crippen molar-refractivity contribution in [3.05, 3.63) is 51.6 Å². The molecule has 194 valence electrons. The first-order valence-corrected chi connectivity index (χ1v) is 13.1. The summed E-state index contributed by atoms with van der Waals surface area (Å²) in [6.07, 6.45) is 4.55. The molecule has 1 aromatic carbocycles. The van der Waals surface area contributed by atoms with Gasteiger partial charge in [-0.15, -0.1) is 0 Å². The molecule has 1 aromatic rings. The second-order valence-corrected chi connectivity index (χ2v) is 9.72. The van der Waals surface area contributed by atoms with Crippen molar-refractivity contribution in [3.8, 4) is 5.75 Å². The molecule has 0 fully saturated rings. The van der Waals surface area contributed by atoms with Crippen LogP contribution < -0.4 is 10.1 Å². The van der Waals surface area contributed by atoms with E-state index in [1.165, 1.54) is 6.08 Å². The van der Waals surface area contributed by atoms with Crippen LogP contribution in [0.3, 0.4) is 0 Å². The number of hydrogen-bond acceptors (Lipinski definition) is 6. The number of nitrogens with zero attached hydrogens (tertiary/aromatic N) is 1. The largest absolute Gasteiger partial charge is 0.482 e. The monoisotopic (exact) mass is 600 g/mol. The molecule has 0 aromatic heterocycles. The summed E-state index contributed by atoms with van der Waals surface area (Å²) in [4.78, 5) is 27.6. The number of aliphatic hydroxyl groups excluding tert-OH is 2. The zero-order valence-corrected chi connectivity index (χ0v) is 22.8. The van der Waals surface area contributed by atoms with Gasteiger partial charge in [0, 0.05) is 31.7 Å². The van der Waals surface area contributed by atoms with E-state index < -0.39 is 18.2 Å². The van der Waals surface area contributed by atoms with E-state index in [4.69, 9.17) is 14.6 Å². The summed E-state index contributed by atoms with van der Waals surface area (Å²) in [5.41, 5.74) is 0.403. The zero-order valence-electron chi connectivity index (χ0n) is 20.7. The van der Waals surface area contributed by atoms with E-state index in [9.17, 15) is 14.7 Å². The predicted molar refractivity (Wildman–Crippen MR) is 143 cm³/mol. The Labute approximate surface area is 221 Å². The van der Waals surface area contributed by atoms with Crippen LogP contribution in [0, 0.1) is 3.57 Å². The number of hydrogen-bond donors (Lipinski definition) is 3. The van der Waals surface area contributed by atoms with E-state index in [0.29, 0.717) is 37.3 Å². The van der Waals surface area contributed by atoms with Gasteiger partial charge in [0.2, 0.25) is 11.8 Å². The Bertz CT molecular complexity index is 888. The lowest BCUT2D eigenvalue weighted by Gasteiger charge is -2.40. The van der Waals surface area contributed by atoms with Crippen LogP contribution in [0.25, 0.3) is 0 Å². The van der Waals surface area contributed by atoms with Crippen LogP contribution in [0.1, 0.15) is 40.0 Å². The quantitative estimate of drug-likeness (QED) is 0.183. The molecule has 3 N–H and O–H groups in total. The first-order valence-electron chi connectivity index (χ1n) is 12.1. The average molecular weight is 600 g/mol. The summed E-state index contributed by atoms with van der Waals surface area (Å²) in [6.45, 7) is 6.61. The Morgan fingerprint density at radius 1 is 1.31 bits per heavy atom. The van der Waals surface area contributed by atoms with Gasteiger partial charge in [0.1, 0.15) is 18.0 Å². The van der Waals surface area contributed by atoms with Gasteiger partial charge in [-0.25, -0.2) is 0 Å². The van der Waals surface area contributed by atoms with Gasteiger partial charge in [-0.05, 0) is 73.6 Å². The highest BCUT2D eigenvalue weighted by Gasteiger charge is 2.40. The minimum absolute atomic E-state index is 0.0790. The number of halogens is 1. The lowest BCUT2D eigenvalue weighted by atomic mass is 9.88. The van der Waals surface area contributed by atoms with Crippen LogP contribution in [-0.4, -0.2) is 77.6 Å². The topological polar surface area (TPSA) is 108 Å². The van der Waals surface area contributed by atoms with Gasteiger partial charge >= 0.3 is 0 Å². The average Bonchev–Trinajstić information content (AvgIpc) is 2.83. The molecule has 0 heterocycles. The number of carbonyl (C=O) groups is 2. The van der Waals surface area contributed by atoms with Crippen molar-refractivity contribution >= 4 is 34.4 Å². The first kappa shape index (κ1) is 29.3. The maximum Gasteiger partial charge on any atom is 0.247 e. The fourth-order valence-corrected chi connectivity index (χ4v) is 4.29. The van der Waals surface area contributed by atoms with Crippen LogP contribution in [0.4, 0.5) is 0 Å². The number of amides is 2. The van der Waals surface area contributed by atoms with Crippen LogP contribution in [-0.2, 0) is 14.3 Å². The van der Waals surface area contributed by atoms with Gasteiger partial charge in [-0.3, -0.25) is 9.59 Å². The lowest BCUT2D eigenvalue weighted by Crippen LogP contribution is -2.55. The SMILES string of the molecule is CCC=CC(=O)N(CCCOC(C)C)[C@@H]1CC(C(=O)NCCO)=C[C@H](Oc2ccccc2I)[C@H]1O. The number of para-hydroxylation sites is 1. The summed E-state index contributed by atoms with van der Waals surface area (Å²) in [7, 11) is 0. The number of rotatable bonds is 13. The molecule has 0 bridgehead atoms. The van der Waals surface area contributed by atoms with Gasteiger partial charge < -0.3 is 29.9 Å². The molecule has 0 saturated carbocycles. The third kappa shape index (κ3) is 9.21. The fourth-order valence-electron chi connectivity index (χ4n) is 3.77. The molecule has 3 atom stereocenters. The van der Waals surface area contributed by atoms with Gasteiger partial charge in [0.15, 0.2) is 0 Å². The Balaban J connectivity index is 2.35. The summed E-state index contributed by atoms with van der Waals surface area (Å²) in [5.74, 6) is -0.00397. The van der Waals surface area contributed by atoms with Gasteiger partial charge in [-0.1, -0.05) is 25.1 Å². The van der Waals surface area contributed by atoms with E-state index >= 15 is 0 Å². The van der Waals surface area contributed by atoms with Crippen molar-refractivity contribution in [2.24, 2.45) is 0 Å². The highest BCUT2D eigenvalue weighted by Crippen LogP contribution is 2.30. The van der Waals surface area contributed by atoms with Gasteiger partial charge in [-0.2, -0.15) is 0 Å². The van der Waals surface area contributed by atoms with E-state index in [1.54, 1.807) is 23.1 Å². The second-order valence-electron chi connectivity index (χ2n) is 8.56. The molecule has 9 heteroatoms. The molecule has 8 nitrogen and oxygen atoms in total. The molecule has 0 unspecified atom stereocenters. The summed E-state index contributed by atoms with van der Waals surface area (Å²) in [5, 5.41) is 23.1. The Hall–Kier alpha value is -1.95. The third-order valence-electron chi connectivity index (χ3n) is 5.49. The van der Waals surface area contributed by atoms with Crippen LogP contribution in [0.5, 0.6) is 5.75 Å². The lowest BCUT2D eigenvalue weighted by molar-refractivity contribution is -0.133. The number of allylic oxidation sites excluding steroid dienone is 1. The second kappa shape index (κ2) is 15.2. The van der Waals surface area contributed by atoms with Crippen molar-refractivity contribution in [2.45, 2.75) is 64.4 Å². The van der Waals surface area contributed by atoms with E-state index in [0.717, 1.165) is 3.57 Å². The molecular weight excluding hydrogens is 563 g/mol. The summed E-state index contributed by atoms with van der Waals surface area (Å²) >= 11 is 2.15. The van der Waals surface area contributed by atoms with Crippen molar-refractivity contribution in [3.63, 3.8) is 0 Å². The highest BCUT2D eigenvalue weighted by molar-refractivity contribution is 14.1. The zero-order chi connectivity index (χ0) is 25.8. The van der Waals surface area contributed by atoms with E-state index in [1.807, 2.05) is 39.0 Å². The molecule has 0 aliphatic heterocycles. The molecule has 1 aliphatic rings. The Kier molecular flexibility index (Phi) is 12.7. The van der Waals surface area contributed by atoms with Crippen LogP contribution in [0.2, 0.25) is 0 Å². The summed E-state index contributed by atoms with van der Waals surface area (Å²) in [6, 6.07) is 6.74. The Morgan fingerprint density at radius 3 is 2.71 bits per heavy atom. The normalized spacial score (nSPS) is 20.1. The minimum Gasteiger partial charge on any atom is -0.482 e. The van der Waals surface area contributed by atoms with Gasteiger partial charge in [0.05, 0.1) is 22.3 Å². The smallest absolute Gasteiger partial charge is 0.247 e. The van der Waals surface area contributed by atoms with Crippen molar-refractivity contribution in [2.75, 3.05) is 26.3 Å². The number of carbonyl (C=O) groups excluding carboxylic acids is 2. The molecule has 35 heavy (non-hydrogen) atoms.